The third-order valence-corrected chi connectivity index (χ3v) is 3.73. The summed E-state index contributed by atoms with van der Waals surface area (Å²) in [6, 6.07) is 15.4. The molecule has 1 aromatic heterocycles. The Morgan fingerprint density at radius 1 is 1.20 bits per heavy atom. The number of ether oxygens (including phenoxy) is 1. The van der Waals surface area contributed by atoms with Crippen molar-refractivity contribution >= 4 is 11.3 Å². The van der Waals surface area contributed by atoms with Gasteiger partial charge < -0.3 is 10.1 Å². The Labute approximate surface area is 145 Å². The van der Waals surface area contributed by atoms with Gasteiger partial charge in [-0.05, 0) is 60.5 Å². The highest BCUT2D eigenvalue weighted by molar-refractivity contribution is 5.74. The van der Waals surface area contributed by atoms with E-state index in [1.807, 2.05) is 49.4 Å². The molecule has 3 rings (SSSR count). The average Bonchev–Trinajstić information content (AvgIpc) is 3.15. The molecule has 0 fully saturated rings. The molecule has 2 N–H and O–H groups in total. The maximum absolute atomic E-state index is 9.13. The summed E-state index contributed by atoms with van der Waals surface area (Å²) >= 11 is 0. The Kier molecular flexibility index (Phi) is 4.72. The molecule has 0 radical (unpaired) electrons. The largest absolute Gasteiger partial charge is 0.457 e. The first-order valence-corrected chi connectivity index (χ1v) is 7.62. The lowest BCUT2D eigenvalue weighted by Crippen LogP contribution is -1.93. The lowest BCUT2D eigenvalue weighted by atomic mass is 10.1. The monoisotopic (exact) mass is 332 g/mol. The van der Waals surface area contributed by atoms with Crippen molar-refractivity contribution in [2.75, 3.05) is 5.32 Å². The first-order chi connectivity index (χ1) is 12.2. The number of allylic oxidation sites excluding steroid dienone is 1. The number of hydrogen-bond donors (Lipinski definition) is 2. The van der Waals surface area contributed by atoms with Crippen LogP contribution in [0.3, 0.4) is 0 Å². The Hall–Kier alpha value is -3.66. The van der Waals surface area contributed by atoms with Crippen LogP contribution in [0.25, 0.3) is 5.57 Å². The number of nitrogens with zero attached hydrogens (tertiary/aromatic N) is 4. The molecule has 7 heteroatoms. The summed E-state index contributed by atoms with van der Waals surface area (Å²) in [5.74, 6) is 1.82. The van der Waals surface area contributed by atoms with Crippen LogP contribution in [0.4, 0.5) is 5.69 Å². The smallest absolute Gasteiger partial charge is 0.216 e. The summed E-state index contributed by atoms with van der Waals surface area (Å²) < 4.78 is 5.92. The molecule has 0 aliphatic rings. The molecule has 0 bridgehead atoms. The van der Waals surface area contributed by atoms with E-state index in [0.29, 0.717) is 0 Å². The molecule has 0 aliphatic carbocycles. The first-order valence-electron chi connectivity index (χ1n) is 7.62. The van der Waals surface area contributed by atoms with Gasteiger partial charge in [0.1, 0.15) is 23.1 Å². The molecular weight excluding hydrogens is 316 g/mol. The van der Waals surface area contributed by atoms with Crippen LogP contribution >= 0.6 is 0 Å². The molecule has 1 heterocycles. The minimum absolute atomic E-state index is 0.241. The molecule has 0 spiro atoms. The van der Waals surface area contributed by atoms with E-state index in [-0.39, 0.29) is 11.4 Å². The van der Waals surface area contributed by atoms with Crippen LogP contribution in [0.15, 0.2) is 48.7 Å². The van der Waals surface area contributed by atoms with Crippen LogP contribution in [0.1, 0.15) is 17.0 Å². The summed E-state index contributed by atoms with van der Waals surface area (Å²) in [7, 11) is 0. The quantitative estimate of drug-likeness (QED) is 0.693. The fourth-order valence-corrected chi connectivity index (χ4v) is 2.16. The van der Waals surface area contributed by atoms with Crippen LogP contribution in [-0.4, -0.2) is 20.6 Å². The number of aryl methyl sites for hydroxylation is 1. The minimum Gasteiger partial charge on any atom is -0.457 e. The number of aromatic amines is 1. The summed E-state index contributed by atoms with van der Waals surface area (Å²) in [5.41, 5.74) is 3.40. The maximum atomic E-state index is 9.13. The van der Waals surface area contributed by atoms with Gasteiger partial charge in [-0.2, -0.15) is 10.5 Å². The van der Waals surface area contributed by atoms with Gasteiger partial charge in [0.2, 0.25) is 5.82 Å². The molecule has 3 aromatic rings. The van der Waals surface area contributed by atoms with Gasteiger partial charge in [0.25, 0.3) is 0 Å². The number of H-pyrrole nitrogens is 1. The lowest BCUT2D eigenvalue weighted by Gasteiger charge is -2.11. The number of nitrogens with one attached hydrogen (secondary N) is 2. The van der Waals surface area contributed by atoms with Gasteiger partial charge in [-0.3, -0.25) is 0 Å². The lowest BCUT2D eigenvalue weighted by molar-refractivity contribution is 0.478. The molecule has 0 aliphatic heterocycles. The number of anilines is 1. The van der Waals surface area contributed by atoms with Crippen molar-refractivity contribution in [1.82, 2.24) is 20.6 Å². The molecule has 2 aromatic carbocycles. The van der Waals surface area contributed by atoms with E-state index in [1.54, 1.807) is 0 Å². The van der Waals surface area contributed by atoms with E-state index in [2.05, 4.69) is 38.9 Å². The van der Waals surface area contributed by atoms with Crippen molar-refractivity contribution in [3.63, 3.8) is 0 Å². The molecule has 0 amide bonds. The molecular formula is C18H16N6O. The zero-order valence-corrected chi connectivity index (χ0v) is 13.8. The normalized spacial score (nSPS) is 11.0. The van der Waals surface area contributed by atoms with Crippen LogP contribution in [0.2, 0.25) is 0 Å². The van der Waals surface area contributed by atoms with Crippen LogP contribution in [-0.2, 0) is 0 Å². The fraction of sp³-hybridized carbons (Fsp3) is 0.111. The molecule has 25 heavy (non-hydrogen) atoms. The van der Waals surface area contributed by atoms with Crippen LogP contribution < -0.4 is 10.1 Å². The summed E-state index contributed by atoms with van der Waals surface area (Å²) in [6.07, 6.45) is 1.53. The standard InChI is InChI=1S/C18H16N6O/c1-12-4-3-5-17(13(12)2)25-16-8-6-15(7-9-16)20-11-14(10-19)18-21-23-24-22-18/h3-9,11,20H,1-2H3,(H,21,22,23,24). The van der Waals surface area contributed by atoms with Gasteiger partial charge in [-0.1, -0.05) is 12.1 Å². The molecule has 0 saturated carbocycles. The second-order valence-corrected chi connectivity index (χ2v) is 5.37. The number of aromatic nitrogens is 4. The molecule has 7 nitrogen and oxygen atoms in total. The predicted molar refractivity (Wildman–Crippen MR) is 93.8 cm³/mol. The van der Waals surface area contributed by atoms with E-state index in [0.717, 1.165) is 22.7 Å². The Morgan fingerprint density at radius 2 is 2.00 bits per heavy atom. The second kappa shape index (κ2) is 7.27. The van der Waals surface area contributed by atoms with E-state index in [1.165, 1.54) is 11.8 Å². The molecule has 0 unspecified atom stereocenters. The predicted octanol–water partition coefficient (Wildman–Crippen LogP) is 3.59. The van der Waals surface area contributed by atoms with E-state index in [9.17, 15) is 0 Å². The number of nitriles is 1. The Morgan fingerprint density at radius 3 is 2.68 bits per heavy atom. The van der Waals surface area contributed by atoms with Gasteiger partial charge in [0, 0.05) is 11.9 Å². The summed E-state index contributed by atoms with van der Waals surface area (Å²) in [5, 5.41) is 25.5. The number of tetrazole rings is 1. The SMILES string of the molecule is Cc1cccc(Oc2ccc(NC=C(C#N)c3nn[nH]n3)cc2)c1C. The van der Waals surface area contributed by atoms with E-state index >= 15 is 0 Å². The van der Waals surface area contributed by atoms with Gasteiger partial charge in [0.15, 0.2) is 0 Å². The van der Waals surface area contributed by atoms with Crippen molar-refractivity contribution in [2.45, 2.75) is 13.8 Å². The van der Waals surface area contributed by atoms with E-state index < -0.39 is 0 Å². The first kappa shape index (κ1) is 16.2. The zero-order chi connectivity index (χ0) is 17.6. The Balaban J connectivity index is 1.70. The van der Waals surface area contributed by atoms with E-state index in [4.69, 9.17) is 10.00 Å². The minimum atomic E-state index is 0.241. The second-order valence-electron chi connectivity index (χ2n) is 5.37. The fourth-order valence-electron chi connectivity index (χ4n) is 2.16. The molecule has 0 saturated heterocycles. The average molecular weight is 332 g/mol. The van der Waals surface area contributed by atoms with Crippen molar-refractivity contribution < 1.29 is 4.74 Å². The molecule has 0 atom stereocenters. The van der Waals surface area contributed by atoms with Crippen molar-refractivity contribution in [3.8, 4) is 17.6 Å². The zero-order valence-electron chi connectivity index (χ0n) is 13.8. The summed E-state index contributed by atoms with van der Waals surface area (Å²) in [6.45, 7) is 4.09. The van der Waals surface area contributed by atoms with Gasteiger partial charge >= 0.3 is 0 Å². The molecule has 124 valence electrons. The van der Waals surface area contributed by atoms with Crippen LogP contribution in [0, 0.1) is 25.2 Å². The van der Waals surface area contributed by atoms with Crippen LogP contribution in [0.5, 0.6) is 11.5 Å². The van der Waals surface area contributed by atoms with Gasteiger partial charge in [0.05, 0.1) is 0 Å². The summed E-state index contributed by atoms with van der Waals surface area (Å²) in [4.78, 5) is 0. The number of rotatable bonds is 5. The van der Waals surface area contributed by atoms with Gasteiger partial charge in [-0.15, -0.1) is 10.2 Å². The van der Waals surface area contributed by atoms with Gasteiger partial charge in [-0.25, -0.2) is 0 Å². The highest BCUT2D eigenvalue weighted by Gasteiger charge is 2.06. The third-order valence-electron chi connectivity index (χ3n) is 3.73. The van der Waals surface area contributed by atoms with Crippen molar-refractivity contribution in [1.29, 1.82) is 5.26 Å². The van der Waals surface area contributed by atoms with Crippen molar-refractivity contribution in [3.05, 3.63) is 65.6 Å². The highest BCUT2D eigenvalue weighted by Crippen LogP contribution is 2.27. The third kappa shape index (κ3) is 3.82. The topological polar surface area (TPSA) is 99.5 Å². The maximum Gasteiger partial charge on any atom is 0.216 e. The number of hydrogen-bond acceptors (Lipinski definition) is 6. The Bertz CT molecular complexity index is 923. The van der Waals surface area contributed by atoms with Crippen molar-refractivity contribution in [2.24, 2.45) is 0 Å². The highest BCUT2D eigenvalue weighted by atomic mass is 16.5. The number of benzene rings is 2.